The minimum atomic E-state index is -0.442. The Morgan fingerprint density at radius 1 is 0.977 bits per heavy atom. The third kappa shape index (κ3) is 4.99. The molecule has 4 aromatic rings. The van der Waals surface area contributed by atoms with Crippen LogP contribution in [0.15, 0.2) is 78.9 Å². The summed E-state index contributed by atoms with van der Waals surface area (Å²) in [6.45, 7) is 6.96. The summed E-state index contributed by atoms with van der Waals surface area (Å²) >= 11 is 0. The van der Waals surface area contributed by atoms with Crippen molar-refractivity contribution in [1.29, 1.82) is 0 Å². The molecule has 4 heterocycles. The summed E-state index contributed by atoms with van der Waals surface area (Å²) in [5.41, 5.74) is 4.18. The van der Waals surface area contributed by atoms with E-state index in [4.69, 9.17) is 4.98 Å². The van der Waals surface area contributed by atoms with Gasteiger partial charge in [-0.1, -0.05) is 48.5 Å². The lowest BCUT2D eigenvalue weighted by Gasteiger charge is -2.49. The van der Waals surface area contributed by atoms with Crippen LogP contribution in [0.4, 0.5) is 5.69 Å². The zero-order valence-electron chi connectivity index (χ0n) is 25.7. The average molecular weight is 592 g/mol. The van der Waals surface area contributed by atoms with Crippen LogP contribution in [-0.2, 0) is 5.41 Å². The third-order valence-electron chi connectivity index (χ3n) is 11.0. The summed E-state index contributed by atoms with van der Waals surface area (Å²) in [6, 6.07) is 26.5. The van der Waals surface area contributed by atoms with E-state index in [1.807, 2.05) is 4.90 Å². The first-order chi connectivity index (χ1) is 21.3. The summed E-state index contributed by atoms with van der Waals surface area (Å²) in [4.78, 5) is 33.8. The van der Waals surface area contributed by atoms with Crippen LogP contribution in [0.1, 0.15) is 79.7 Å². The third-order valence-corrected chi connectivity index (χ3v) is 11.0. The van der Waals surface area contributed by atoms with Crippen molar-refractivity contribution in [3.8, 4) is 0 Å². The van der Waals surface area contributed by atoms with Gasteiger partial charge < -0.3 is 9.47 Å². The molecule has 2 bridgehead atoms. The molecule has 0 aliphatic carbocycles. The Bertz CT molecular complexity index is 1690. The number of likely N-dealkylation sites (tertiary alicyclic amines) is 1. The predicted octanol–water partition coefficient (Wildman–Crippen LogP) is 7.08. The Balaban J connectivity index is 1.08. The number of benzene rings is 3. The SMILES string of the molecule is Cc1nc2ccccc2n1C1C[C@H]2CCC(C)(C1)N2CCC1(c2ccccc2)CCN(C(=O)c2cccc([N+](=O)[O-])c2)CC1. The molecular weight excluding hydrogens is 550 g/mol. The van der Waals surface area contributed by atoms with E-state index in [9.17, 15) is 14.9 Å². The molecule has 3 aliphatic heterocycles. The highest BCUT2D eigenvalue weighted by Gasteiger charge is 2.50. The van der Waals surface area contributed by atoms with Crippen molar-refractivity contribution in [2.75, 3.05) is 19.6 Å². The van der Waals surface area contributed by atoms with Crippen molar-refractivity contribution in [2.45, 2.75) is 81.8 Å². The van der Waals surface area contributed by atoms with Gasteiger partial charge in [0.2, 0.25) is 0 Å². The second-order valence-electron chi connectivity index (χ2n) is 13.5. The van der Waals surface area contributed by atoms with Gasteiger partial charge in [0, 0.05) is 48.4 Å². The topological polar surface area (TPSA) is 84.5 Å². The summed E-state index contributed by atoms with van der Waals surface area (Å²) in [5, 5.41) is 11.3. The smallest absolute Gasteiger partial charge is 0.270 e. The van der Waals surface area contributed by atoms with Crippen molar-refractivity contribution in [3.63, 3.8) is 0 Å². The van der Waals surface area contributed by atoms with Gasteiger partial charge in [-0.2, -0.15) is 0 Å². The Morgan fingerprint density at radius 3 is 2.48 bits per heavy atom. The molecule has 2 unspecified atom stereocenters. The lowest BCUT2D eigenvalue weighted by atomic mass is 9.70. The van der Waals surface area contributed by atoms with E-state index in [1.54, 1.807) is 12.1 Å². The Morgan fingerprint density at radius 2 is 1.73 bits per heavy atom. The van der Waals surface area contributed by atoms with Gasteiger partial charge in [0.25, 0.3) is 11.6 Å². The number of carbonyl (C=O) groups is 1. The zero-order valence-corrected chi connectivity index (χ0v) is 25.7. The highest BCUT2D eigenvalue weighted by Crippen LogP contribution is 2.50. The second-order valence-corrected chi connectivity index (χ2v) is 13.5. The van der Waals surface area contributed by atoms with E-state index in [1.165, 1.54) is 36.1 Å². The number of hydrogen-bond donors (Lipinski definition) is 0. The number of rotatable bonds is 7. The van der Waals surface area contributed by atoms with E-state index in [0.29, 0.717) is 30.7 Å². The summed E-state index contributed by atoms with van der Waals surface area (Å²) in [7, 11) is 0. The van der Waals surface area contributed by atoms with Gasteiger partial charge in [0.05, 0.1) is 16.0 Å². The first-order valence-electron chi connectivity index (χ1n) is 16.1. The standard InChI is InChI=1S/C36H41N5O3/c1-26-37-32-13-6-7-14-33(32)40(26)31-24-29-15-16-35(2,25-31)39(29)22-19-36(28-10-4-3-5-11-28)17-20-38(21-18-36)34(42)27-9-8-12-30(23-27)41(43)44/h3-14,23,29,31H,15-22,24-25H2,1-2H3/t29-,31?,35?/m1/s1. The quantitative estimate of drug-likeness (QED) is 0.169. The first-order valence-corrected chi connectivity index (χ1v) is 16.1. The number of para-hydroxylation sites is 2. The lowest BCUT2D eigenvalue weighted by molar-refractivity contribution is -0.384. The van der Waals surface area contributed by atoms with E-state index in [-0.39, 0.29) is 22.5 Å². The molecule has 0 saturated carbocycles. The Hall–Kier alpha value is -4.04. The number of piperidine rings is 2. The molecule has 1 aromatic heterocycles. The fourth-order valence-electron chi connectivity index (χ4n) is 8.74. The first kappa shape index (κ1) is 28.7. The van der Waals surface area contributed by atoms with Crippen molar-refractivity contribution in [3.05, 3.63) is 106 Å². The van der Waals surface area contributed by atoms with Crippen LogP contribution in [-0.4, -0.2) is 61.4 Å². The van der Waals surface area contributed by atoms with Crippen LogP contribution in [0.3, 0.4) is 0 Å². The minimum absolute atomic E-state index is 0.00941. The molecule has 228 valence electrons. The zero-order chi connectivity index (χ0) is 30.5. The number of non-ortho nitro benzene ring substituents is 1. The van der Waals surface area contributed by atoms with Crippen LogP contribution in [0.5, 0.6) is 0 Å². The maximum Gasteiger partial charge on any atom is 0.270 e. The van der Waals surface area contributed by atoms with Crippen LogP contribution in [0.2, 0.25) is 0 Å². The molecule has 3 aromatic carbocycles. The second kappa shape index (κ2) is 11.1. The van der Waals surface area contributed by atoms with E-state index < -0.39 is 4.92 Å². The van der Waals surface area contributed by atoms with Crippen LogP contribution >= 0.6 is 0 Å². The number of aromatic nitrogens is 2. The largest absolute Gasteiger partial charge is 0.339 e. The highest BCUT2D eigenvalue weighted by molar-refractivity contribution is 5.95. The van der Waals surface area contributed by atoms with E-state index in [0.717, 1.165) is 50.0 Å². The molecule has 8 heteroatoms. The monoisotopic (exact) mass is 591 g/mol. The number of hydrogen-bond acceptors (Lipinski definition) is 5. The molecule has 1 amide bonds. The van der Waals surface area contributed by atoms with Gasteiger partial charge in [-0.25, -0.2) is 4.98 Å². The average Bonchev–Trinajstić information content (AvgIpc) is 3.48. The van der Waals surface area contributed by atoms with E-state index >= 15 is 0 Å². The maximum absolute atomic E-state index is 13.4. The molecule has 44 heavy (non-hydrogen) atoms. The van der Waals surface area contributed by atoms with Gasteiger partial charge in [-0.15, -0.1) is 0 Å². The molecule has 0 N–H and O–H groups in total. The number of amides is 1. The number of imidazole rings is 1. The van der Waals surface area contributed by atoms with Crippen molar-refractivity contribution < 1.29 is 9.72 Å². The van der Waals surface area contributed by atoms with Gasteiger partial charge in [-0.05, 0) is 94.5 Å². The fraction of sp³-hybridized carbons (Fsp3) is 0.444. The van der Waals surface area contributed by atoms with Gasteiger partial charge in [-0.3, -0.25) is 19.8 Å². The maximum atomic E-state index is 13.4. The fourth-order valence-corrected chi connectivity index (χ4v) is 8.74. The van der Waals surface area contributed by atoms with Gasteiger partial charge in [0.1, 0.15) is 5.82 Å². The number of fused-ring (bicyclic) bond motifs is 3. The van der Waals surface area contributed by atoms with Crippen molar-refractivity contribution >= 4 is 22.6 Å². The molecule has 8 nitrogen and oxygen atoms in total. The number of aryl methyl sites for hydroxylation is 1. The summed E-state index contributed by atoms with van der Waals surface area (Å²) < 4.78 is 2.50. The molecule has 3 atom stereocenters. The molecule has 3 aliphatic rings. The van der Waals surface area contributed by atoms with Crippen LogP contribution in [0.25, 0.3) is 11.0 Å². The summed E-state index contributed by atoms with van der Waals surface area (Å²) in [5.74, 6) is 0.993. The number of nitro groups is 1. The molecular formula is C36H41N5O3. The van der Waals surface area contributed by atoms with Gasteiger partial charge >= 0.3 is 0 Å². The van der Waals surface area contributed by atoms with E-state index in [2.05, 4.69) is 77.9 Å². The van der Waals surface area contributed by atoms with Crippen LogP contribution < -0.4 is 0 Å². The lowest BCUT2D eigenvalue weighted by Crippen LogP contribution is -2.53. The Labute approximate surface area is 258 Å². The van der Waals surface area contributed by atoms with Crippen LogP contribution in [0, 0.1) is 17.0 Å². The predicted molar refractivity (Wildman–Crippen MR) is 172 cm³/mol. The highest BCUT2D eigenvalue weighted by atomic mass is 16.6. The molecule has 3 saturated heterocycles. The molecule has 3 fully saturated rings. The number of carbonyl (C=O) groups excluding carboxylic acids is 1. The summed E-state index contributed by atoms with van der Waals surface area (Å²) in [6.07, 6.45) is 7.58. The number of nitrogens with zero attached hydrogens (tertiary/aromatic N) is 5. The normalized spacial score (nSPS) is 24.9. The molecule has 0 radical (unpaired) electrons. The van der Waals surface area contributed by atoms with Crippen molar-refractivity contribution in [1.82, 2.24) is 19.4 Å². The minimum Gasteiger partial charge on any atom is -0.339 e. The van der Waals surface area contributed by atoms with Crippen molar-refractivity contribution in [2.24, 2.45) is 0 Å². The van der Waals surface area contributed by atoms with Gasteiger partial charge in [0.15, 0.2) is 0 Å². The Kier molecular flexibility index (Phi) is 7.28. The molecule has 7 rings (SSSR count). The number of nitro benzene ring substituents is 1. The molecule has 0 spiro atoms.